The van der Waals surface area contributed by atoms with Crippen LogP contribution >= 0.6 is 0 Å². The van der Waals surface area contributed by atoms with Gasteiger partial charge in [0.1, 0.15) is 11.6 Å². The molecule has 1 aromatic carbocycles. The minimum absolute atomic E-state index is 0.0428. The largest absolute Gasteiger partial charge is 0.324 e. The molecule has 0 aliphatic carbocycles. The Morgan fingerprint density at radius 3 is 2.88 bits per heavy atom. The van der Waals surface area contributed by atoms with E-state index in [4.69, 9.17) is 0 Å². The van der Waals surface area contributed by atoms with Gasteiger partial charge in [-0.1, -0.05) is 13.3 Å². The molecule has 134 valence electrons. The molecule has 0 aliphatic heterocycles. The zero-order valence-corrected chi connectivity index (χ0v) is 14.6. The summed E-state index contributed by atoms with van der Waals surface area (Å²) in [6, 6.07) is 7.45. The zero-order chi connectivity index (χ0) is 18.7. The van der Waals surface area contributed by atoms with Crippen molar-refractivity contribution in [2.24, 2.45) is 0 Å². The monoisotopic (exact) mass is 354 g/mol. The van der Waals surface area contributed by atoms with E-state index in [1.54, 1.807) is 25.3 Å². The van der Waals surface area contributed by atoms with Crippen LogP contribution in [0.5, 0.6) is 0 Å². The zero-order valence-electron chi connectivity index (χ0n) is 14.6. The van der Waals surface area contributed by atoms with E-state index in [1.807, 2.05) is 6.92 Å². The maximum Gasteiger partial charge on any atom is 0.267 e. The lowest BCUT2D eigenvalue weighted by Crippen LogP contribution is -2.23. The summed E-state index contributed by atoms with van der Waals surface area (Å²) in [5.74, 6) is -0.386. The van der Waals surface area contributed by atoms with E-state index in [0.717, 1.165) is 12.8 Å². The lowest BCUT2D eigenvalue weighted by molar-refractivity contribution is -0.116. The molecule has 26 heavy (non-hydrogen) atoms. The summed E-state index contributed by atoms with van der Waals surface area (Å²) in [4.78, 5) is 33.2. The number of anilines is 1. The first-order valence-corrected chi connectivity index (χ1v) is 8.45. The first-order chi connectivity index (χ1) is 12.5. The number of halogens is 1. The molecule has 0 fully saturated rings. The third-order valence-electron chi connectivity index (χ3n) is 4.05. The summed E-state index contributed by atoms with van der Waals surface area (Å²) in [5, 5.41) is 2.94. The second-order valence-corrected chi connectivity index (χ2v) is 5.99. The second kappa shape index (κ2) is 7.43. The Labute approximate surface area is 149 Å². The Morgan fingerprint density at radius 1 is 1.31 bits per heavy atom. The molecule has 0 bridgehead atoms. The van der Waals surface area contributed by atoms with Crippen molar-refractivity contribution in [1.82, 2.24) is 14.5 Å². The molecule has 0 radical (unpaired) electrons. The van der Waals surface area contributed by atoms with Gasteiger partial charge in [0.25, 0.3) is 5.56 Å². The van der Waals surface area contributed by atoms with Gasteiger partial charge in [-0.05, 0) is 43.7 Å². The van der Waals surface area contributed by atoms with Crippen LogP contribution in [0.4, 0.5) is 10.1 Å². The van der Waals surface area contributed by atoms with E-state index in [0.29, 0.717) is 29.0 Å². The van der Waals surface area contributed by atoms with Crippen molar-refractivity contribution in [1.29, 1.82) is 0 Å². The van der Waals surface area contributed by atoms with Gasteiger partial charge in [-0.15, -0.1) is 0 Å². The van der Waals surface area contributed by atoms with Crippen LogP contribution in [0.25, 0.3) is 16.7 Å². The normalized spacial score (nSPS) is 10.9. The number of nitrogens with zero attached hydrogens (tertiary/aromatic N) is 3. The standard InChI is InChI=1S/C19H19FN4O2/c1-3-4-7-17(25)23-16-11-13(8-9-15(16)20)24-12(2)22-18-14(19(24)26)6-5-10-21-18/h5-6,8-11H,3-4,7H2,1-2H3,(H,23,25). The molecule has 3 rings (SSSR count). The van der Waals surface area contributed by atoms with Crippen LogP contribution in [-0.2, 0) is 4.79 Å². The molecular formula is C19H19FN4O2. The van der Waals surface area contributed by atoms with Crippen LogP contribution in [0, 0.1) is 12.7 Å². The number of benzene rings is 1. The first kappa shape index (κ1) is 17.7. The Balaban J connectivity index is 2.05. The molecule has 0 unspecified atom stereocenters. The van der Waals surface area contributed by atoms with Gasteiger partial charge >= 0.3 is 0 Å². The Morgan fingerprint density at radius 2 is 2.12 bits per heavy atom. The van der Waals surface area contributed by atoms with Crippen molar-refractivity contribution in [3.05, 3.63) is 58.5 Å². The van der Waals surface area contributed by atoms with Crippen molar-refractivity contribution in [3.8, 4) is 5.69 Å². The van der Waals surface area contributed by atoms with E-state index in [9.17, 15) is 14.0 Å². The third kappa shape index (κ3) is 3.46. The maximum atomic E-state index is 14.1. The number of carbonyl (C=O) groups excluding carboxylic acids is 1. The molecule has 0 saturated carbocycles. The number of fused-ring (bicyclic) bond motifs is 1. The Kier molecular flexibility index (Phi) is 5.06. The Hall–Kier alpha value is -3.09. The topological polar surface area (TPSA) is 76.9 Å². The quantitative estimate of drug-likeness (QED) is 0.762. The smallest absolute Gasteiger partial charge is 0.267 e. The predicted octanol–water partition coefficient (Wildman–Crippen LogP) is 3.36. The molecular weight excluding hydrogens is 335 g/mol. The average molecular weight is 354 g/mol. The van der Waals surface area contributed by atoms with Gasteiger partial charge in [0.15, 0.2) is 5.65 Å². The second-order valence-electron chi connectivity index (χ2n) is 5.99. The molecule has 7 heteroatoms. The highest BCUT2D eigenvalue weighted by Gasteiger charge is 2.13. The predicted molar refractivity (Wildman–Crippen MR) is 98.0 cm³/mol. The van der Waals surface area contributed by atoms with E-state index in [2.05, 4.69) is 15.3 Å². The Bertz CT molecular complexity index is 1030. The summed E-state index contributed by atoms with van der Waals surface area (Å²) in [7, 11) is 0. The van der Waals surface area contributed by atoms with Crippen LogP contribution in [0.2, 0.25) is 0 Å². The first-order valence-electron chi connectivity index (χ1n) is 8.45. The molecule has 1 N–H and O–H groups in total. The summed E-state index contributed by atoms with van der Waals surface area (Å²) < 4.78 is 15.5. The molecule has 2 aromatic heterocycles. The van der Waals surface area contributed by atoms with Gasteiger partial charge < -0.3 is 5.32 Å². The number of amides is 1. The fourth-order valence-electron chi connectivity index (χ4n) is 2.73. The molecule has 0 atom stereocenters. The minimum Gasteiger partial charge on any atom is -0.324 e. The van der Waals surface area contributed by atoms with Gasteiger partial charge in [-0.25, -0.2) is 14.4 Å². The van der Waals surface area contributed by atoms with Crippen molar-refractivity contribution in [3.63, 3.8) is 0 Å². The molecule has 0 aliphatic rings. The van der Waals surface area contributed by atoms with Crippen LogP contribution in [-0.4, -0.2) is 20.4 Å². The number of hydrogen-bond donors (Lipinski definition) is 1. The summed E-state index contributed by atoms with van der Waals surface area (Å²) in [5.41, 5.74) is 0.538. The SMILES string of the molecule is CCCCC(=O)Nc1cc(-n2c(C)nc3ncccc3c2=O)ccc1F. The van der Waals surface area contributed by atoms with Crippen molar-refractivity contribution in [2.75, 3.05) is 5.32 Å². The molecule has 2 heterocycles. The average Bonchev–Trinajstić information content (AvgIpc) is 2.62. The summed E-state index contributed by atoms with van der Waals surface area (Å²) >= 11 is 0. The van der Waals surface area contributed by atoms with Crippen LogP contribution in [0.15, 0.2) is 41.3 Å². The van der Waals surface area contributed by atoms with Gasteiger partial charge in [0.05, 0.1) is 16.8 Å². The molecule has 0 saturated heterocycles. The summed E-state index contributed by atoms with van der Waals surface area (Å²) in [6.07, 6.45) is 3.50. The highest BCUT2D eigenvalue weighted by atomic mass is 19.1. The maximum absolute atomic E-state index is 14.1. The summed E-state index contributed by atoms with van der Waals surface area (Å²) in [6.45, 7) is 3.66. The van der Waals surface area contributed by atoms with E-state index in [-0.39, 0.29) is 17.2 Å². The fourth-order valence-corrected chi connectivity index (χ4v) is 2.73. The third-order valence-corrected chi connectivity index (χ3v) is 4.05. The number of nitrogens with one attached hydrogen (secondary N) is 1. The molecule has 3 aromatic rings. The molecule has 1 amide bonds. The minimum atomic E-state index is -0.556. The van der Waals surface area contributed by atoms with E-state index in [1.165, 1.54) is 22.8 Å². The number of unbranched alkanes of at least 4 members (excludes halogenated alkanes) is 1. The number of rotatable bonds is 5. The van der Waals surface area contributed by atoms with Gasteiger partial charge in [-0.3, -0.25) is 14.2 Å². The number of aryl methyl sites for hydroxylation is 1. The van der Waals surface area contributed by atoms with Gasteiger partial charge in [-0.2, -0.15) is 0 Å². The number of carbonyl (C=O) groups is 1. The fraction of sp³-hybridized carbons (Fsp3) is 0.263. The molecule has 6 nitrogen and oxygen atoms in total. The number of aromatic nitrogens is 3. The lowest BCUT2D eigenvalue weighted by atomic mass is 10.2. The number of hydrogen-bond acceptors (Lipinski definition) is 4. The number of pyridine rings is 1. The van der Waals surface area contributed by atoms with Crippen molar-refractivity contribution in [2.45, 2.75) is 33.1 Å². The van der Waals surface area contributed by atoms with E-state index >= 15 is 0 Å². The van der Waals surface area contributed by atoms with E-state index < -0.39 is 5.82 Å². The lowest BCUT2D eigenvalue weighted by Gasteiger charge is -2.13. The van der Waals surface area contributed by atoms with Crippen molar-refractivity contribution >= 4 is 22.6 Å². The molecule has 0 spiro atoms. The van der Waals surface area contributed by atoms with Crippen LogP contribution in [0.1, 0.15) is 32.0 Å². The van der Waals surface area contributed by atoms with Crippen LogP contribution < -0.4 is 10.9 Å². The highest BCUT2D eigenvalue weighted by Crippen LogP contribution is 2.20. The van der Waals surface area contributed by atoms with Gasteiger partial charge in [0, 0.05) is 12.6 Å². The van der Waals surface area contributed by atoms with Gasteiger partial charge in [0.2, 0.25) is 5.91 Å². The highest BCUT2D eigenvalue weighted by molar-refractivity contribution is 5.91. The van der Waals surface area contributed by atoms with Crippen molar-refractivity contribution < 1.29 is 9.18 Å². The van der Waals surface area contributed by atoms with Crippen LogP contribution in [0.3, 0.4) is 0 Å².